The maximum absolute atomic E-state index is 13.5. The Bertz CT molecular complexity index is 799. The Morgan fingerprint density at radius 2 is 1.63 bits per heavy atom. The first-order valence-corrected chi connectivity index (χ1v) is 9.97. The quantitative estimate of drug-likeness (QED) is 0.427. The molecule has 0 aromatic heterocycles. The highest BCUT2D eigenvalue weighted by molar-refractivity contribution is 5.96. The van der Waals surface area contributed by atoms with Gasteiger partial charge < -0.3 is 30.3 Å². The molecule has 4 aliphatic carbocycles. The van der Waals surface area contributed by atoms with Crippen molar-refractivity contribution < 1.29 is 35.1 Å². The third-order valence-electron chi connectivity index (χ3n) is 10.0. The van der Waals surface area contributed by atoms with Crippen molar-refractivity contribution in [3.8, 4) is 0 Å². The number of ketones is 1. The maximum atomic E-state index is 13.5. The standard InChI is InChI=1S/C20H30O7/c1-10(2)15(22)9-17(24)13(4)8-18(25)14(15,5)20(17,26)19(27-18)12(21)11(3)6-7-16(13,19)23/h10-11,22-26H,6-9H2,1-5H3/t11-,13-,14-,15-,16-,17+,18?,19+,20+/m0/s1. The van der Waals surface area contributed by atoms with Crippen LogP contribution in [0.2, 0.25) is 0 Å². The highest BCUT2D eigenvalue weighted by Gasteiger charge is 3.07. The van der Waals surface area contributed by atoms with Crippen LogP contribution < -0.4 is 0 Å². The van der Waals surface area contributed by atoms with Crippen LogP contribution in [0.1, 0.15) is 60.3 Å². The van der Waals surface area contributed by atoms with Gasteiger partial charge in [-0.2, -0.15) is 0 Å². The molecule has 5 N–H and O–H groups in total. The van der Waals surface area contributed by atoms with E-state index in [-0.39, 0.29) is 19.3 Å². The molecule has 6 rings (SSSR count). The lowest BCUT2D eigenvalue weighted by atomic mass is 9.52. The van der Waals surface area contributed by atoms with Crippen LogP contribution in [0.25, 0.3) is 0 Å². The molecule has 6 fully saturated rings. The molecular weight excluding hydrogens is 352 g/mol. The van der Waals surface area contributed by atoms with Crippen LogP contribution >= 0.6 is 0 Å². The Labute approximate surface area is 158 Å². The highest BCUT2D eigenvalue weighted by atomic mass is 16.7. The van der Waals surface area contributed by atoms with Crippen molar-refractivity contribution >= 4 is 5.78 Å². The van der Waals surface area contributed by atoms with E-state index in [1.165, 1.54) is 6.92 Å². The summed E-state index contributed by atoms with van der Waals surface area (Å²) in [4.78, 5) is 13.5. The van der Waals surface area contributed by atoms with E-state index in [4.69, 9.17) is 4.74 Å². The lowest BCUT2D eigenvalue weighted by Gasteiger charge is -2.59. The maximum Gasteiger partial charge on any atom is 0.191 e. The van der Waals surface area contributed by atoms with E-state index in [9.17, 15) is 30.3 Å². The first-order valence-electron chi connectivity index (χ1n) is 9.97. The molecule has 2 saturated heterocycles. The van der Waals surface area contributed by atoms with Gasteiger partial charge in [-0.3, -0.25) is 4.79 Å². The minimum Gasteiger partial charge on any atom is -0.389 e. The molecule has 0 aromatic rings. The third-order valence-corrected chi connectivity index (χ3v) is 10.0. The van der Waals surface area contributed by atoms with Crippen LogP contribution in [-0.4, -0.2) is 65.1 Å². The molecule has 7 heteroatoms. The molecule has 1 unspecified atom stereocenters. The van der Waals surface area contributed by atoms with Crippen molar-refractivity contribution in [1.29, 1.82) is 0 Å². The van der Waals surface area contributed by atoms with Crippen molar-refractivity contribution in [1.82, 2.24) is 0 Å². The first-order chi connectivity index (χ1) is 12.1. The minimum absolute atomic E-state index is 0.162. The van der Waals surface area contributed by atoms with Gasteiger partial charge in [0.05, 0.1) is 11.0 Å². The second-order valence-electron chi connectivity index (χ2n) is 10.7. The number of hydrogen-bond donors (Lipinski definition) is 5. The average molecular weight is 382 g/mol. The summed E-state index contributed by atoms with van der Waals surface area (Å²) in [5.74, 6) is -3.48. The summed E-state index contributed by atoms with van der Waals surface area (Å²) >= 11 is 0. The monoisotopic (exact) mass is 382 g/mol. The van der Waals surface area contributed by atoms with Gasteiger partial charge in [-0.15, -0.1) is 0 Å². The van der Waals surface area contributed by atoms with E-state index >= 15 is 0 Å². The molecule has 9 atom stereocenters. The second-order valence-corrected chi connectivity index (χ2v) is 10.7. The number of Topliss-reactive ketones (excluding diaryl/α,β-unsaturated/α-hetero) is 1. The molecule has 4 saturated carbocycles. The van der Waals surface area contributed by atoms with E-state index < -0.39 is 62.2 Å². The lowest BCUT2D eigenvalue weighted by Crippen LogP contribution is -2.73. The van der Waals surface area contributed by atoms with Crippen LogP contribution in [0.15, 0.2) is 0 Å². The highest BCUT2D eigenvalue weighted by Crippen LogP contribution is 2.89. The molecule has 0 amide bonds. The fourth-order valence-electron chi connectivity index (χ4n) is 8.38. The number of rotatable bonds is 1. The molecule has 152 valence electrons. The predicted molar refractivity (Wildman–Crippen MR) is 92.3 cm³/mol. The van der Waals surface area contributed by atoms with Crippen molar-refractivity contribution in [2.45, 2.75) is 94.1 Å². The molecule has 6 bridgehead atoms. The largest absolute Gasteiger partial charge is 0.389 e. The van der Waals surface area contributed by atoms with Crippen LogP contribution in [0.4, 0.5) is 0 Å². The van der Waals surface area contributed by atoms with Crippen molar-refractivity contribution in [2.75, 3.05) is 0 Å². The normalized spacial score (nSPS) is 68.9. The van der Waals surface area contributed by atoms with Gasteiger partial charge in [-0.05, 0) is 25.7 Å². The predicted octanol–water partition coefficient (Wildman–Crippen LogP) is -0.143. The van der Waals surface area contributed by atoms with Crippen LogP contribution in [0, 0.1) is 22.7 Å². The van der Waals surface area contributed by atoms with E-state index in [1.807, 2.05) is 0 Å². The zero-order valence-corrected chi connectivity index (χ0v) is 16.5. The summed E-state index contributed by atoms with van der Waals surface area (Å²) in [6.07, 6.45) is 0.182. The summed E-state index contributed by atoms with van der Waals surface area (Å²) in [5, 5.41) is 59.4. The van der Waals surface area contributed by atoms with E-state index in [2.05, 4.69) is 0 Å². The molecular formula is C20H30O7. The minimum atomic E-state index is -2.31. The molecule has 0 aromatic carbocycles. The number of hydrogen-bond acceptors (Lipinski definition) is 7. The number of carbonyl (C=O) groups is 1. The third kappa shape index (κ3) is 1.12. The summed E-state index contributed by atoms with van der Waals surface area (Å²) < 4.78 is 6.02. The van der Waals surface area contributed by atoms with Crippen molar-refractivity contribution in [2.24, 2.45) is 22.7 Å². The van der Waals surface area contributed by atoms with Crippen LogP contribution in [-0.2, 0) is 9.53 Å². The molecule has 2 aliphatic heterocycles. The smallest absolute Gasteiger partial charge is 0.191 e. The van der Waals surface area contributed by atoms with Gasteiger partial charge >= 0.3 is 0 Å². The Balaban J connectivity index is 1.95. The lowest BCUT2D eigenvalue weighted by molar-refractivity contribution is -0.369. The Morgan fingerprint density at radius 1 is 1.04 bits per heavy atom. The molecule has 1 spiro atoms. The zero-order valence-electron chi connectivity index (χ0n) is 16.5. The zero-order chi connectivity index (χ0) is 20.3. The van der Waals surface area contributed by atoms with Gasteiger partial charge in [0, 0.05) is 24.2 Å². The summed E-state index contributed by atoms with van der Waals surface area (Å²) in [6, 6.07) is 0. The topological polar surface area (TPSA) is 127 Å². The SMILES string of the molecule is CC(C)[C@@]1(O)C[C@@]2(O)[C@@]3(C)CC4(O)O[C@@]5(C(=O)[C@@H](C)CC[C@]35O)[C@@]2(O)[C@]41C. The summed E-state index contributed by atoms with van der Waals surface area (Å²) in [6.45, 7) is 8.33. The number of carbonyl (C=O) groups excluding carboxylic acids is 1. The Morgan fingerprint density at radius 3 is 2.19 bits per heavy atom. The van der Waals surface area contributed by atoms with Gasteiger partial charge in [-0.25, -0.2) is 0 Å². The van der Waals surface area contributed by atoms with Gasteiger partial charge in [0.2, 0.25) is 0 Å². The molecule has 27 heavy (non-hydrogen) atoms. The van der Waals surface area contributed by atoms with E-state index in [0.717, 1.165) is 0 Å². The van der Waals surface area contributed by atoms with Crippen LogP contribution in [0.3, 0.4) is 0 Å². The Hall–Kier alpha value is -0.570. The van der Waals surface area contributed by atoms with E-state index in [1.54, 1.807) is 27.7 Å². The average Bonchev–Trinajstić information content (AvgIpc) is 2.82. The van der Waals surface area contributed by atoms with Crippen molar-refractivity contribution in [3.05, 3.63) is 0 Å². The van der Waals surface area contributed by atoms with E-state index in [0.29, 0.717) is 6.42 Å². The summed E-state index contributed by atoms with van der Waals surface area (Å²) in [7, 11) is 0. The fraction of sp³-hybridized carbons (Fsp3) is 0.950. The second kappa shape index (κ2) is 4.02. The van der Waals surface area contributed by atoms with Crippen molar-refractivity contribution in [3.63, 3.8) is 0 Å². The van der Waals surface area contributed by atoms with Gasteiger partial charge in [0.15, 0.2) is 17.2 Å². The van der Waals surface area contributed by atoms with Gasteiger partial charge in [0.25, 0.3) is 0 Å². The Kier molecular flexibility index (Phi) is 2.75. The summed E-state index contributed by atoms with van der Waals surface area (Å²) in [5.41, 5.74) is -13.1. The molecule has 0 radical (unpaired) electrons. The molecule has 2 heterocycles. The van der Waals surface area contributed by atoms with Gasteiger partial charge in [-0.1, -0.05) is 27.7 Å². The fourth-order valence-corrected chi connectivity index (χ4v) is 8.38. The molecule has 7 nitrogen and oxygen atoms in total. The first kappa shape index (κ1) is 18.5. The molecule has 6 aliphatic rings. The van der Waals surface area contributed by atoms with Gasteiger partial charge in [0.1, 0.15) is 16.8 Å². The van der Waals surface area contributed by atoms with Crippen LogP contribution in [0.5, 0.6) is 0 Å². The number of aliphatic hydroxyl groups is 5. The number of ether oxygens (including phenoxy) is 1.